The molecule has 0 radical (unpaired) electrons. The summed E-state index contributed by atoms with van der Waals surface area (Å²) < 4.78 is 0. The first-order chi connectivity index (χ1) is 9.69. The number of benzene rings is 1. The van der Waals surface area contributed by atoms with E-state index in [1.54, 1.807) is 0 Å². The van der Waals surface area contributed by atoms with Crippen LogP contribution in [0.4, 0.5) is 5.69 Å². The Balaban J connectivity index is 1.67. The second kappa shape index (κ2) is 7.17. The zero-order valence-corrected chi connectivity index (χ0v) is 12.8. The highest BCUT2D eigenvalue weighted by Gasteiger charge is 2.21. The molecule has 1 aliphatic carbocycles. The van der Waals surface area contributed by atoms with Gasteiger partial charge >= 0.3 is 0 Å². The van der Waals surface area contributed by atoms with E-state index in [0.29, 0.717) is 6.04 Å². The standard InChI is InChI=1S/C16H26N4/c1-17-16(19-14-8-9-14)18-12-4-5-13-6-10-15(11-7-13)20(2)3/h6-7,10-11,14H,4-5,8-9,12H2,1-3H3,(H2,17,18,19). The third-order valence-corrected chi connectivity index (χ3v) is 3.53. The highest BCUT2D eigenvalue weighted by Crippen LogP contribution is 2.18. The van der Waals surface area contributed by atoms with Crippen molar-refractivity contribution in [1.29, 1.82) is 0 Å². The second-order valence-electron chi connectivity index (χ2n) is 5.58. The minimum Gasteiger partial charge on any atom is -0.378 e. The number of nitrogens with one attached hydrogen (secondary N) is 2. The van der Waals surface area contributed by atoms with Gasteiger partial charge in [-0.25, -0.2) is 0 Å². The van der Waals surface area contributed by atoms with Crippen molar-refractivity contribution in [3.05, 3.63) is 29.8 Å². The maximum Gasteiger partial charge on any atom is 0.191 e. The number of nitrogens with zero attached hydrogens (tertiary/aromatic N) is 2. The molecule has 2 N–H and O–H groups in total. The molecule has 1 aromatic rings. The third-order valence-electron chi connectivity index (χ3n) is 3.53. The van der Waals surface area contributed by atoms with Crippen LogP contribution in [-0.2, 0) is 6.42 Å². The number of anilines is 1. The van der Waals surface area contributed by atoms with Crippen LogP contribution >= 0.6 is 0 Å². The van der Waals surface area contributed by atoms with Crippen LogP contribution < -0.4 is 15.5 Å². The molecule has 0 bridgehead atoms. The molecule has 0 aliphatic heterocycles. The monoisotopic (exact) mass is 274 g/mol. The van der Waals surface area contributed by atoms with Crippen LogP contribution in [-0.4, -0.2) is 39.7 Å². The summed E-state index contributed by atoms with van der Waals surface area (Å²) in [6, 6.07) is 9.44. The van der Waals surface area contributed by atoms with Crippen molar-refractivity contribution in [1.82, 2.24) is 10.6 Å². The van der Waals surface area contributed by atoms with E-state index in [1.807, 2.05) is 7.05 Å². The summed E-state index contributed by atoms with van der Waals surface area (Å²) in [5, 5.41) is 6.76. The fourth-order valence-electron chi connectivity index (χ4n) is 2.08. The van der Waals surface area contributed by atoms with Crippen molar-refractivity contribution >= 4 is 11.6 Å². The van der Waals surface area contributed by atoms with Gasteiger partial charge in [0.1, 0.15) is 0 Å². The summed E-state index contributed by atoms with van der Waals surface area (Å²) in [5.74, 6) is 0.940. The summed E-state index contributed by atoms with van der Waals surface area (Å²) in [6.45, 7) is 0.960. The molecule has 1 fully saturated rings. The van der Waals surface area contributed by atoms with Crippen LogP contribution in [0.5, 0.6) is 0 Å². The highest BCUT2D eigenvalue weighted by atomic mass is 15.2. The smallest absolute Gasteiger partial charge is 0.191 e. The Hall–Kier alpha value is -1.71. The summed E-state index contributed by atoms with van der Waals surface area (Å²) in [4.78, 5) is 6.36. The van der Waals surface area contributed by atoms with Gasteiger partial charge in [-0.15, -0.1) is 0 Å². The van der Waals surface area contributed by atoms with E-state index in [2.05, 4.69) is 58.9 Å². The van der Waals surface area contributed by atoms with Crippen LogP contribution in [0.2, 0.25) is 0 Å². The largest absolute Gasteiger partial charge is 0.378 e. The Bertz CT molecular complexity index is 432. The predicted octanol–water partition coefficient (Wildman–Crippen LogP) is 2.01. The second-order valence-corrected chi connectivity index (χ2v) is 5.58. The van der Waals surface area contributed by atoms with Gasteiger partial charge in [0.25, 0.3) is 0 Å². The Morgan fingerprint density at radius 2 is 1.95 bits per heavy atom. The molecule has 4 heteroatoms. The average molecular weight is 274 g/mol. The number of hydrogen-bond acceptors (Lipinski definition) is 2. The van der Waals surface area contributed by atoms with E-state index in [4.69, 9.17) is 0 Å². The zero-order chi connectivity index (χ0) is 14.4. The van der Waals surface area contributed by atoms with Gasteiger partial charge < -0.3 is 15.5 Å². The van der Waals surface area contributed by atoms with Crippen LogP contribution in [0.3, 0.4) is 0 Å². The van der Waals surface area contributed by atoms with Crippen molar-refractivity contribution in [2.24, 2.45) is 4.99 Å². The van der Waals surface area contributed by atoms with Crippen molar-refractivity contribution < 1.29 is 0 Å². The Morgan fingerprint density at radius 3 is 2.50 bits per heavy atom. The number of aliphatic imine (C=N–C) groups is 1. The summed E-state index contributed by atoms with van der Waals surface area (Å²) in [5.41, 5.74) is 2.64. The van der Waals surface area contributed by atoms with Gasteiger partial charge in [-0.05, 0) is 43.4 Å². The maximum absolute atomic E-state index is 4.23. The Labute approximate surface area is 122 Å². The molecule has 4 nitrogen and oxygen atoms in total. The normalized spacial score (nSPS) is 15.1. The first-order valence-electron chi connectivity index (χ1n) is 7.42. The van der Waals surface area contributed by atoms with E-state index in [0.717, 1.165) is 25.3 Å². The van der Waals surface area contributed by atoms with Crippen molar-refractivity contribution in [3.8, 4) is 0 Å². The van der Waals surface area contributed by atoms with Crippen LogP contribution in [0.25, 0.3) is 0 Å². The zero-order valence-electron chi connectivity index (χ0n) is 12.8. The number of guanidine groups is 1. The van der Waals surface area contributed by atoms with Crippen LogP contribution in [0.15, 0.2) is 29.3 Å². The quantitative estimate of drug-likeness (QED) is 0.473. The molecule has 0 amide bonds. The number of rotatable bonds is 6. The van der Waals surface area contributed by atoms with Gasteiger partial charge in [0.15, 0.2) is 5.96 Å². The molecule has 0 atom stereocenters. The predicted molar refractivity (Wildman–Crippen MR) is 86.6 cm³/mol. The number of aryl methyl sites for hydroxylation is 1. The first kappa shape index (κ1) is 14.7. The van der Waals surface area contributed by atoms with E-state index < -0.39 is 0 Å². The third kappa shape index (κ3) is 4.76. The SMILES string of the molecule is CN=C(NCCCc1ccc(N(C)C)cc1)NC1CC1. The molecule has 0 saturated heterocycles. The lowest BCUT2D eigenvalue weighted by Crippen LogP contribution is -2.39. The van der Waals surface area contributed by atoms with Crippen LogP contribution in [0.1, 0.15) is 24.8 Å². The Morgan fingerprint density at radius 1 is 1.25 bits per heavy atom. The van der Waals surface area contributed by atoms with Crippen LogP contribution in [0, 0.1) is 0 Å². The molecule has 1 aromatic carbocycles. The highest BCUT2D eigenvalue weighted by molar-refractivity contribution is 5.80. The summed E-state index contributed by atoms with van der Waals surface area (Å²) in [7, 11) is 5.96. The summed E-state index contributed by atoms with van der Waals surface area (Å²) in [6.07, 6.45) is 4.77. The molecular weight excluding hydrogens is 248 g/mol. The molecule has 1 aliphatic rings. The molecule has 2 rings (SSSR count). The minimum absolute atomic E-state index is 0.653. The topological polar surface area (TPSA) is 39.7 Å². The number of hydrogen-bond donors (Lipinski definition) is 2. The average Bonchev–Trinajstić information content (AvgIpc) is 3.26. The van der Waals surface area contributed by atoms with E-state index in [9.17, 15) is 0 Å². The van der Waals surface area contributed by atoms with E-state index in [1.165, 1.54) is 24.1 Å². The molecular formula is C16H26N4. The molecule has 0 aromatic heterocycles. The molecule has 20 heavy (non-hydrogen) atoms. The minimum atomic E-state index is 0.653. The fourth-order valence-corrected chi connectivity index (χ4v) is 2.08. The van der Waals surface area contributed by atoms with E-state index in [-0.39, 0.29) is 0 Å². The molecule has 0 spiro atoms. The molecule has 0 heterocycles. The van der Waals surface area contributed by atoms with Crippen molar-refractivity contribution in [2.75, 3.05) is 32.6 Å². The lowest BCUT2D eigenvalue weighted by molar-refractivity contribution is 0.741. The van der Waals surface area contributed by atoms with Crippen molar-refractivity contribution in [3.63, 3.8) is 0 Å². The van der Waals surface area contributed by atoms with Gasteiger partial charge in [-0.3, -0.25) is 4.99 Å². The first-order valence-corrected chi connectivity index (χ1v) is 7.42. The summed E-state index contributed by atoms with van der Waals surface area (Å²) >= 11 is 0. The maximum atomic E-state index is 4.23. The van der Waals surface area contributed by atoms with Gasteiger partial charge in [0.2, 0.25) is 0 Å². The lowest BCUT2D eigenvalue weighted by atomic mass is 10.1. The molecule has 0 unspecified atom stereocenters. The lowest BCUT2D eigenvalue weighted by Gasteiger charge is -2.13. The van der Waals surface area contributed by atoms with E-state index >= 15 is 0 Å². The fraction of sp³-hybridized carbons (Fsp3) is 0.562. The van der Waals surface area contributed by atoms with Gasteiger partial charge in [0, 0.05) is 39.4 Å². The van der Waals surface area contributed by atoms with Gasteiger partial charge in [0.05, 0.1) is 0 Å². The Kier molecular flexibility index (Phi) is 5.27. The molecule has 1 saturated carbocycles. The molecule has 110 valence electrons. The van der Waals surface area contributed by atoms with Gasteiger partial charge in [-0.1, -0.05) is 12.1 Å². The van der Waals surface area contributed by atoms with Crippen molar-refractivity contribution in [2.45, 2.75) is 31.7 Å². The van der Waals surface area contributed by atoms with Gasteiger partial charge in [-0.2, -0.15) is 0 Å².